The van der Waals surface area contributed by atoms with Crippen molar-refractivity contribution in [2.45, 2.75) is 110 Å². The number of halogens is 1. The highest BCUT2D eigenvalue weighted by Crippen LogP contribution is 2.37. The Morgan fingerprint density at radius 1 is 0.865 bits per heavy atom. The van der Waals surface area contributed by atoms with Crippen LogP contribution in [0.25, 0.3) is 0 Å². The third-order valence-corrected chi connectivity index (χ3v) is 19.5. The van der Waals surface area contributed by atoms with Crippen molar-refractivity contribution in [2.24, 2.45) is 0 Å². The number of hydrogen-bond acceptors (Lipinski definition) is 8. The summed E-state index contributed by atoms with van der Waals surface area (Å²) in [5, 5.41) is 3.02. The second kappa shape index (κ2) is 20.8. The Labute approximate surface area is 326 Å². The minimum atomic E-state index is -3.79. The molecule has 0 aliphatic rings. The molecule has 0 saturated heterocycles. The minimum absolute atomic E-state index is 0.0180. The van der Waals surface area contributed by atoms with Crippen molar-refractivity contribution in [3.63, 3.8) is 0 Å². The highest BCUT2D eigenvalue weighted by atomic mass is 79.9. The number of nitrogens with zero attached hydrogens (tertiary/aromatic N) is 1. The maximum absolute atomic E-state index is 13.3. The van der Waals surface area contributed by atoms with Crippen LogP contribution in [-0.2, 0) is 28.7 Å². The summed E-state index contributed by atoms with van der Waals surface area (Å²) in [7, 11) is -8.69. The van der Waals surface area contributed by atoms with Gasteiger partial charge in [0.2, 0.25) is 10.0 Å². The molecule has 0 saturated carbocycles. The van der Waals surface area contributed by atoms with E-state index >= 15 is 0 Å². The first-order valence-corrected chi connectivity index (χ1v) is 31.0. The van der Waals surface area contributed by atoms with E-state index in [1.807, 2.05) is 32.0 Å². The van der Waals surface area contributed by atoms with Gasteiger partial charge in [-0.3, -0.25) is 4.79 Å². The van der Waals surface area contributed by atoms with Crippen LogP contribution in [0.4, 0.5) is 5.69 Å². The van der Waals surface area contributed by atoms with Gasteiger partial charge in [-0.25, -0.2) is 12.7 Å². The second-order valence-electron chi connectivity index (χ2n) is 16.0. The van der Waals surface area contributed by atoms with Gasteiger partial charge in [0.05, 0.1) is 18.0 Å². The molecule has 0 aromatic heterocycles. The number of ether oxygens (including phenoxy) is 4. The van der Waals surface area contributed by atoms with E-state index in [2.05, 4.69) is 81.3 Å². The number of benzene rings is 2. The molecule has 1 atom stereocenters. The highest BCUT2D eigenvalue weighted by molar-refractivity contribution is 9.10. The van der Waals surface area contributed by atoms with Gasteiger partial charge in [0, 0.05) is 40.4 Å². The molecule has 2 aromatic rings. The van der Waals surface area contributed by atoms with Gasteiger partial charge in [-0.15, -0.1) is 0 Å². The summed E-state index contributed by atoms with van der Waals surface area (Å²) in [6.07, 6.45) is 0.629. The Morgan fingerprint density at radius 3 is 1.94 bits per heavy atom. The quantitative estimate of drug-likeness (QED) is 0.0633. The number of carbonyl (C=O) groups excluding carboxylic acids is 1. The zero-order valence-corrected chi connectivity index (χ0v) is 39.1. The van der Waals surface area contributed by atoms with Gasteiger partial charge in [0.25, 0.3) is 5.91 Å². The lowest BCUT2D eigenvalue weighted by Crippen LogP contribution is -2.41. The Hall–Kier alpha value is -1.73. The lowest BCUT2D eigenvalue weighted by atomic mass is 10.1. The Bertz CT molecular complexity index is 1520. The van der Waals surface area contributed by atoms with E-state index in [4.69, 9.17) is 23.4 Å². The van der Waals surface area contributed by atoms with E-state index in [1.165, 1.54) is 10.6 Å². The molecule has 0 radical (unpaired) electrons. The van der Waals surface area contributed by atoms with Crippen LogP contribution < -0.4 is 19.1 Å². The fourth-order valence-corrected chi connectivity index (χ4v) is 10.7. The first kappa shape index (κ1) is 46.4. The lowest BCUT2D eigenvalue weighted by Gasteiger charge is -2.34. The van der Waals surface area contributed by atoms with Crippen LogP contribution in [0.2, 0.25) is 69.5 Å². The average Bonchev–Trinajstić information content (AvgIpc) is 3.05. The third kappa shape index (κ3) is 15.9. The number of carbonyl (C=O) groups is 1. The van der Waals surface area contributed by atoms with Crippen LogP contribution in [0.1, 0.15) is 43.6 Å². The summed E-state index contributed by atoms with van der Waals surface area (Å²) in [4.78, 5) is 13.2. The number of nitrogens with one attached hydrogen (secondary N) is 1. The largest absolute Gasteiger partial charge is 0.484 e. The molecule has 2 rings (SSSR count). The van der Waals surface area contributed by atoms with E-state index < -0.39 is 40.6 Å². The van der Waals surface area contributed by atoms with E-state index in [9.17, 15) is 13.2 Å². The summed E-state index contributed by atoms with van der Waals surface area (Å²) in [6, 6.07) is 13.8. The molecule has 1 amide bonds. The van der Waals surface area contributed by atoms with Crippen molar-refractivity contribution < 1.29 is 36.6 Å². The monoisotopic (exact) mass is 860 g/mol. The molecule has 0 aliphatic heterocycles. The fourth-order valence-electron chi connectivity index (χ4n) is 5.39. The van der Waals surface area contributed by atoms with Crippen LogP contribution in [0.15, 0.2) is 34.8 Å². The summed E-state index contributed by atoms with van der Waals surface area (Å²) in [6.45, 7) is 24.9. The molecule has 0 unspecified atom stereocenters. The van der Waals surface area contributed by atoms with Gasteiger partial charge in [-0.2, -0.15) is 0 Å². The highest BCUT2D eigenvalue weighted by Gasteiger charge is 2.34. The number of sulfonamides is 1. The minimum Gasteiger partial charge on any atom is -0.484 e. The van der Waals surface area contributed by atoms with Crippen LogP contribution in [0.3, 0.4) is 0 Å². The molecule has 0 spiro atoms. The standard InChI is InChI=1S/C37H65BrN2O8SSi3/c1-13-52(14-2,15-3)48-35(25-39-36(41)26-46-32-22-29(4)37(38)30(5)23-32)31-16-17-34(47-28-45-19-21-51(10,11)12)33(24-31)40(49(6,42)43)27-44-18-20-50(7,8)9/h16-17,22-24,35H,13-15,18-21,25-28H2,1-12H3,(H,39,41)/t35-/m1/s1. The molecule has 2 aromatic carbocycles. The van der Waals surface area contributed by atoms with Crippen molar-refractivity contribution in [1.29, 1.82) is 0 Å². The summed E-state index contributed by atoms with van der Waals surface area (Å²) in [5.41, 5.74) is 3.11. The molecule has 0 fully saturated rings. The first-order chi connectivity index (χ1) is 24.1. The normalized spacial score (nSPS) is 13.2. The number of rotatable bonds is 24. The van der Waals surface area contributed by atoms with E-state index in [-0.39, 0.29) is 32.6 Å². The smallest absolute Gasteiger partial charge is 0.258 e. The molecule has 0 heterocycles. The molecule has 1 N–H and O–H groups in total. The van der Waals surface area contributed by atoms with Gasteiger partial charge in [-0.1, -0.05) is 82.0 Å². The Balaban J connectivity index is 2.47. The van der Waals surface area contributed by atoms with Crippen LogP contribution in [-0.4, -0.2) is 84.9 Å². The van der Waals surface area contributed by atoms with Gasteiger partial charge >= 0.3 is 0 Å². The number of hydrogen-bond donors (Lipinski definition) is 1. The Morgan fingerprint density at radius 2 is 1.42 bits per heavy atom. The summed E-state index contributed by atoms with van der Waals surface area (Å²) >= 11 is 3.57. The Kier molecular flexibility index (Phi) is 18.6. The molecule has 52 heavy (non-hydrogen) atoms. The maximum atomic E-state index is 13.3. The molecule has 10 nitrogen and oxygen atoms in total. The van der Waals surface area contributed by atoms with Crippen LogP contribution in [0.5, 0.6) is 11.5 Å². The summed E-state index contributed by atoms with van der Waals surface area (Å²) in [5.74, 6) is 0.693. The molecular weight excluding hydrogens is 797 g/mol. The topological polar surface area (TPSA) is 113 Å². The molecular formula is C37H65BrN2O8SSi3. The van der Waals surface area contributed by atoms with Crippen molar-refractivity contribution in [1.82, 2.24) is 5.32 Å². The molecule has 0 aliphatic carbocycles. The van der Waals surface area contributed by atoms with Gasteiger partial charge in [0.15, 0.2) is 21.7 Å². The SMILES string of the molecule is CC[Si](CC)(CC)O[C@H](CNC(=O)COc1cc(C)c(Br)c(C)c1)c1ccc(OCOCC[Si](C)(C)C)c(N(COCC[Si](C)(C)C)S(C)(=O)=O)c1. The van der Waals surface area contributed by atoms with Gasteiger partial charge in [-0.05, 0) is 85.0 Å². The third-order valence-electron chi connectivity index (χ3n) is 9.11. The fraction of sp³-hybridized carbons (Fsp3) is 0.649. The van der Waals surface area contributed by atoms with Gasteiger partial charge < -0.3 is 28.7 Å². The summed E-state index contributed by atoms with van der Waals surface area (Å²) < 4.78 is 59.7. The first-order valence-electron chi connectivity index (χ1n) is 18.4. The zero-order chi connectivity index (χ0) is 39.3. The maximum Gasteiger partial charge on any atom is 0.258 e. The van der Waals surface area contributed by atoms with Crippen molar-refractivity contribution in [3.8, 4) is 11.5 Å². The van der Waals surface area contributed by atoms with Crippen LogP contribution >= 0.6 is 15.9 Å². The average molecular weight is 862 g/mol. The van der Waals surface area contributed by atoms with E-state index in [0.29, 0.717) is 30.4 Å². The van der Waals surface area contributed by atoms with Crippen molar-refractivity contribution in [3.05, 3.63) is 51.5 Å². The second-order valence-corrected chi connectivity index (χ2v) is 34.6. The van der Waals surface area contributed by atoms with Crippen molar-refractivity contribution >= 4 is 62.0 Å². The van der Waals surface area contributed by atoms with E-state index in [0.717, 1.165) is 51.4 Å². The molecule has 15 heteroatoms. The predicted octanol–water partition coefficient (Wildman–Crippen LogP) is 9.09. The number of anilines is 1. The zero-order valence-electron chi connectivity index (χ0n) is 33.7. The van der Waals surface area contributed by atoms with Crippen molar-refractivity contribution in [2.75, 3.05) is 50.5 Å². The molecule has 296 valence electrons. The van der Waals surface area contributed by atoms with E-state index in [1.54, 1.807) is 12.1 Å². The number of aryl methyl sites for hydroxylation is 2. The van der Waals surface area contributed by atoms with Crippen LogP contribution in [0, 0.1) is 13.8 Å². The predicted molar refractivity (Wildman–Crippen MR) is 225 cm³/mol. The van der Waals surface area contributed by atoms with Gasteiger partial charge in [0.1, 0.15) is 18.2 Å². The number of amides is 1. The molecule has 0 bridgehead atoms. The lowest BCUT2D eigenvalue weighted by molar-refractivity contribution is -0.123.